The molecule has 8 nitrogen and oxygen atoms in total. The van der Waals surface area contributed by atoms with Crippen molar-refractivity contribution in [1.82, 2.24) is 10.6 Å². The number of amides is 2. The van der Waals surface area contributed by atoms with Gasteiger partial charge in [0.15, 0.2) is 11.6 Å². The molecular weight excluding hydrogens is 503 g/mol. The van der Waals surface area contributed by atoms with E-state index in [1.807, 2.05) is 0 Å². The summed E-state index contributed by atoms with van der Waals surface area (Å²) in [5.74, 6) is -1.61. The molecule has 0 radical (unpaired) electrons. The highest BCUT2D eigenvalue weighted by molar-refractivity contribution is 5.98. The quantitative estimate of drug-likeness (QED) is 0.415. The highest BCUT2D eigenvalue weighted by atomic mass is 19.1. The standard InChI is InChI=1S/C30H41FN2O6/c1-29(9-4-10-29)16-32-27(35)24-17-5-6-18(13-17)25(24)33-26(34)20-14-23(21(31)15-22(20)38-3)39-19-7-11-30(2,12-8-19)28(36)37/h14-15,17-19,24-25H,4-13,16H2,1-3H3,(H,32,35)(H,33,34)(H,36,37)/t17-,18+,19-,24+,25?,30+/m1/s1. The molecule has 4 aliphatic rings. The third kappa shape index (κ3) is 5.46. The summed E-state index contributed by atoms with van der Waals surface area (Å²) in [5.41, 5.74) is -0.472. The minimum absolute atomic E-state index is 0.0152. The van der Waals surface area contributed by atoms with Crippen molar-refractivity contribution < 1.29 is 33.4 Å². The molecule has 9 heteroatoms. The van der Waals surface area contributed by atoms with E-state index in [9.17, 15) is 23.9 Å². The Labute approximate surface area is 229 Å². The number of hydrogen-bond donors (Lipinski definition) is 3. The molecule has 4 aliphatic carbocycles. The van der Waals surface area contributed by atoms with Crippen LogP contribution in [0.15, 0.2) is 12.1 Å². The Bertz CT molecular complexity index is 1130. The Morgan fingerprint density at radius 2 is 1.72 bits per heavy atom. The maximum absolute atomic E-state index is 14.9. The number of benzene rings is 1. The largest absolute Gasteiger partial charge is 0.496 e. The summed E-state index contributed by atoms with van der Waals surface area (Å²) in [6, 6.07) is 2.24. The Hall–Kier alpha value is -2.84. The van der Waals surface area contributed by atoms with Gasteiger partial charge in [0, 0.05) is 18.7 Å². The summed E-state index contributed by atoms with van der Waals surface area (Å²) < 4.78 is 26.2. The summed E-state index contributed by atoms with van der Waals surface area (Å²) in [4.78, 5) is 38.4. The molecule has 1 unspecified atom stereocenters. The van der Waals surface area contributed by atoms with Crippen LogP contribution in [0.1, 0.15) is 88.4 Å². The highest BCUT2D eigenvalue weighted by Crippen LogP contribution is 2.49. The molecule has 0 heterocycles. The minimum Gasteiger partial charge on any atom is -0.496 e. The Morgan fingerprint density at radius 1 is 1.03 bits per heavy atom. The van der Waals surface area contributed by atoms with E-state index in [0.717, 1.165) is 38.2 Å². The summed E-state index contributed by atoms with van der Waals surface area (Å²) in [7, 11) is 1.38. The number of nitrogens with one attached hydrogen (secondary N) is 2. The smallest absolute Gasteiger partial charge is 0.309 e. The van der Waals surface area contributed by atoms with E-state index >= 15 is 0 Å². The third-order valence-electron chi connectivity index (χ3n) is 10.1. The van der Waals surface area contributed by atoms with E-state index in [1.54, 1.807) is 6.92 Å². The lowest BCUT2D eigenvalue weighted by atomic mass is 9.70. The highest BCUT2D eigenvalue weighted by Gasteiger charge is 2.51. The van der Waals surface area contributed by atoms with Crippen LogP contribution in [0.5, 0.6) is 11.5 Å². The topological polar surface area (TPSA) is 114 Å². The van der Waals surface area contributed by atoms with Crippen molar-refractivity contribution in [3.63, 3.8) is 0 Å². The first-order valence-electron chi connectivity index (χ1n) is 14.4. The number of carbonyl (C=O) groups excluding carboxylic acids is 2. The van der Waals surface area contributed by atoms with Gasteiger partial charge in [-0.2, -0.15) is 0 Å². The van der Waals surface area contributed by atoms with E-state index in [1.165, 1.54) is 19.6 Å². The van der Waals surface area contributed by atoms with Gasteiger partial charge >= 0.3 is 5.97 Å². The number of methoxy groups -OCH3 is 1. The predicted octanol–water partition coefficient (Wildman–Crippen LogP) is 4.70. The molecule has 4 fully saturated rings. The van der Waals surface area contributed by atoms with Crippen molar-refractivity contribution in [3.05, 3.63) is 23.5 Å². The normalized spacial score (nSPS) is 32.7. The van der Waals surface area contributed by atoms with Gasteiger partial charge in [0.1, 0.15) is 5.75 Å². The molecule has 0 aromatic heterocycles. The number of fused-ring (bicyclic) bond motifs is 2. The molecule has 39 heavy (non-hydrogen) atoms. The van der Waals surface area contributed by atoms with E-state index < -0.39 is 23.1 Å². The van der Waals surface area contributed by atoms with Gasteiger partial charge in [-0.1, -0.05) is 13.3 Å². The zero-order valence-electron chi connectivity index (χ0n) is 23.2. The molecule has 0 saturated heterocycles. The number of hydrogen-bond acceptors (Lipinski definition) is 5. The van der Waals surface area contributed by atoms with Crippen LogP contribution in [0.2, 0.25) is 0 Å². The molecule has 2 bridgehead atoms. The van der Waals surface area contributed by atoms with Crippen LogP contribution in [0.4, 0.5) is 4.39 Å². The monoisotopic (exact) mass is 544 g/mol. The van der Waals surface area contributed by atoms with Gasteiger partial charge in [0.25, 0.3) is 5.91 Å². The lowest BCUT2D eigenvalue weighted by Crippen LogP contribution is -2.51. The van der Waals surface area contributed by atoms with Gasteiger partial charge in [-0.3, -0.25) is 14.4 Å². The summed E-state index contributed by atoms with van der Waals surface area (Å²) in [6.07, 6.45) is 7.84. The van der Waals surface area contributed by atoms with E-state index in [4.69, 9.17) is 9.47 Å². The summed E-state index contributed by atoms with van der Waals surface area (Å²) >= 11 is 0. The molecule has 4 atom stereocenters. The van der Waals surface area contributed by atoms with Crippen LogP contribution in [-0.2, 0) is 9.59 Å². The molecular formula is C30H41FN2O6. The third-order valence-corrected chi connectivity index (χ3v) is 10.1. The number of ether oxygens (including phenoxy) is 2. The lowest BCUT2D eigenvalue weighted by molar-refractivity contribution is -0.150. The molecule has 4 saturated carbocycles. The minimum atomic E-state index is -0.833. The molecule has 5 rings (SSSR count). The first-order chi connectivity index (χ1) is 18.5. The Balaban J connectivity index is 1.28. The number of carboxylic acids is 1. The van der Waals surface area contributed by atoms with Crippen molar-refractivity contribution in [2.24, 2.45) is 28.6 Å². The number of halogens is 1. The zero-order valence-corrected chi connectivity index (χ0v) is 23.2. The maximum atomic E-state index is 14.9. The first kappa shape index (κ1) is 27.7. The number of aliphatic carboxylic acids is 1. The van der Waals surface area contributed by atoms with Crippen LogP contribution < -0.4 is 20.1 Å². The van der Waals surface area contributed by atoms with E-state index in [0.29, 0.717) is 32.2 Å². The zero-order chi connectivity index (χ0) is 27.9. The number of carboxylic acid groups (broad SMARTS) is 1. The van der Waals surface area contributed by atoms with E-state index in [2.05, 4.69) is 17.6 Å². The van der Waals surface area contributed by atoms with Gasteiger partial charge in [-0.05, 0) is 88.0 Å². The maximum Gasteiger partial charge on any atom is 0.309 e. The number of rotatable bonds is 9. The predicted molar refractivity (Wildman–Crippen MR) is 142 cm³/mol. The van der Waals surface area contributed by atoms with Crippen LogP contribution in [0.25, 0.3) is 0 Å². The van der Waals surface area contributed by atoms with Crippen molar-refractivity contribution in [3.8, 4) is 11.5 Å². The molecule has 0 spiro atoms. The average molecular weight is 545 g/mol. The fourth-order valence-corrected chi connectivity index (χ4v) is 7.19. The van der Waals surface area contributed by atoms with Gasteiger partial charge < -0.3 is 25.2 Å². The van der Waals surface area contributed by atoms with Crippen molar-refractivity contribution in [2.75, 3.05) is 13.7 Å². The second-order valence-electron chi connectivity index (χ2n) is 12.9. The molecule has 2 amide bonds. The van der Waals surface area contributed by atoms with Crippen molar-refractivity contribution in [2.45, 2.75) is 90.2 Å². The van der Waals surface area contributed by atoms with Crippen LogP contribution in [0, 0.1) is 34.4 Å². The lowest BCUT2D eigenvalue weighted by Gasteiger charge is -2.39. The van der Waals surface area contributed by atoms with Crippen LogP contribution in [0.3, 0.4) is 0 Å². The number of carbonyl (C=O) groups is 3. The fraction of sp³-hybridized carbons (Fsp3) is 0.700. The van der Waals surface area contributed by atoms with E-state index in [-0.39, 0.29) is 58.3 Å². The van der Waals surface area contributed by atoms with Gasteiger partial charge in [-0.15, -0.1) is 0 Å². The van der Waals surface area contributed by atoms with Gasteiger partial charge in [-0.25, -0.2) is 4.39 Å². The van der Waals surface area contributed by atoms with Crippen molar-refractivity contribution in [1.29, 1.82) is 0 Å². The van der Waals surface area contributed by atoms with Gasteiger partial charge in [0.2, 0.25) is 5.91 Å². The Morgan fingerprint density at radius 3 is 2.33 bits per heavy atom. The second-order valence-corrected chi connectivity index (χ2v) is 12.9. The molecule has 3 N–H and O–H groups in total. The first-order valence-corrected chi connectivity index (χ1v) is 14.4. The van der Waals surface area contributed by atoms with Crippen molar-refractivity contribution >= 4 is 17.8 Å². The SMILES string of the molecule is COc1cc(F)c(O[C@H]2CC[C@@](C)(C(=O)O)CC2)cc1C(=O)NC1[C@H]2CC[C@H](C2)[C@@H]1C(=O)NCC1(C)CCC1. The molecule has 1 aromatic carbocycles. The second kappa shape index (κ2) is 10.6. The van der Waals surface area contributed by atoms with Crippen LogP contribution >= 0.6 is 0 Å². The molecule has 1 aromatic rings. The summed E-state index contributed by atoms with van der Waals surface area (Å²) in [6.45, 7) is 4.59. The fourth-order valence-electron chi connectivity index (χ4n) is 7.19. The Kier molecular flexibility index (Phi) is 7.55. The summed E-state index contributed by atoms with van der Waals surface area (Å²) in [5, 5.41) is 15.8. The van der Waals surface area contributed by atoms with Gasteiger partial charge in [0.05, 0.1) is 30.1 Å². The van der Waals surface area contributed by atoms with Crippen LogP contribution in [-0.4, -0.2) is 48.7 Å². The molecule has 0 aliphatic heterocycles. The average Bonchev–Trinajstić information content (AvgIpc) is 3.50. The molecule has 214 valence electrons.